The molecule has 3 amide bonds. The molecule has 71 heavy (non-hydrogen) atoms. The fourth-order valence-corrected chi connectivity index (χ4v) is 7.96. The number of hydrogen-bond acceptors (Lipinski definition) is 14. The van der Waals surface area contributed by atoms with E-state index in [4.69, 9.17) is 0 Å². The van der Waals surface area contributed by atoms with Crippen LogP contribution in [0.4, 0.5) is 34.1 Å². The third-order valence-electron chi connectivity index (χ3n) is 11.9. The standard InChI is InChI=1S/C28H29N5O5.C21H19N3O5.2C2H6/c1-31-12-6-11-21(31)28(38)33-15-13-32(14-16-33)27(37)19-9-5-10-20(24(19)34)30-23-22(25(35)26(23)36)29-17-18-7-3-2-4-8-18;25-13-10-24(11-13)21(29)14-7-4-8-15(18(14)26)23-17-16(19(27)20(17)28)22-9-12-5-2-1-3-6-12;2*1-2/h3,5-12,29-30,34H,2,4,13-17H2,1H3;1-8,13,22-23,25-26H,9-11H2;2*1-2H3. The van der Waals surface area contributed by atoms with Gasteiger partial charge in [-0.15, -0.1) is 0 Å². The summed E-state index contributed by atoms with van der Waals surface area (Å²) in [7, 11) is 1.81. The van der Waals surface area contributed by atoms with Crippen molar-refractivity contribution < 1.29 is 29.7 Å². The first kappa shape index (κ1) is 52.1. The molecule has 18 nitrogen and oxygen atoms in total. The van der Waals surface area contributed by atoms with Gasteiger partial charge < -0.3 is 55.9 Å². The Kier molecular flexibility index (Phi) is 17.5. The number of aliphatic hydroxyl groups is 1. The molecule has 0 saturated carbocycles. The molecule has 7 N–H and O–H groups in total. The zero-order valence-corrected chi connectivity index (χ0v) is 40.5. The van der Waals surface area contributed by atoms with Gasteiger partial charge in [0.25, 0.3) is 39.4 Å². The zero-order valence-electron chi connectivity index (χ0n) is 40.5. The molecule has 372 valence electrons. The first-order valence-electron chi connectivity index (χ1n) is 23.7. The number of rotatable bonds is 13. The molecule has 18 heteroatoms. The number of carbonyl (C=O) groups is 3. The smallest absolute Gasteiger partial charge is 0.270 e. The Balaban J connectivity index is 0.000000224. The molecule has 0 atom stereocenters. The Hall–Kier alpha value is -8.25. The number of aromatic hydroxyl groups is 2. The summed E-state index contributed by atoms with van der Waals surface area (Å²) < 4.78 is 1.76. The number of nitrogens with zero attached hydrogens (tertiary/aromatic N) is 4. The maximum absolute atomic E-state index is 13.2. The monoisotopic (exact) mass is 968 g/mol. The Labute approximate surface area is 410 Å². The van der Waals surface area contributed by atoms with Crippen LogP contribution in [0.5, 0.6) is 11.5 Å². The van der Waals surface area contributed by atoms with E-state index in [2.05, 4.69) is 33.4 Å². The maximum atomic E-state index is 13.2. The molecule has 5 aromatic carbocycles. The topological polar surface area (TPSA) is 243 Å². The van der Waals surface area contributed by atoms with Crippen molar-refractivity contribution in [3.8, 4) is 11.5 Å². The molecule has 1 aromatic heterocycles. The fraction of sp³-hybridized carbons (Fsp3) is 0.302. The molecular formula is C53H60N8O10. The number of aliphatic hydroxyl groups excluding tert-OH is 1. The molecule has 2 saturated heterocycles. The van der Waals surface area contributed by atoms with Crippen molar-refractivity contribution >= 4 is 51.8 Å². The second kappa shape index (κ2) is 23.9. The second-order valence-electron chi connectivity index (χ2n) is 16.4. The third kappa shape index (κ3) is 11.6. The van der Waals surface area contributed by atoms with Crippen molar-refractivity contribution in [2.45, 2.75) is 53.2 Å². The summed E-state index contributed by atoms with van der Waals surface area (Å²) in [5.74, 6) is -1.51. The molecule has 2 fully saturated rings. The molecule has 6 aromatic rings. The van der Waals surface area contributed by atoms with Crippen LogP contribution in [0.2, 0.25) is 0 Å². The van der Waals surface area contributed by atoms with Crippen LogP contribution in [-0.2, 0) is 13.6 Å². The average molecular weight is 969 g/mol. The van der Waals surface area contributed by atoms with Crippen LogP contribution in [0.1, 0.15) is 77.3 Å². The van der Waals surface area contributed by atoms with Crippen molar-refractivity contribution in [3.63, 3.8) is 0 Å². The lowest BCUT2D eigenvalue weighted by Crippen LogP contribution is -2.53. The number of allylic oxidation sites excluding steroid dienone is 2. The van der Waals surface area contributed by atoms with Gasteiger partial charge in [0.2, 0.25) is 0 Å². The summed E-state index contributed by atoms with van der Waals surface area (Å²) in [6, 6.07) is 22.1. The van der Waals surface area contributed by atoms with Crippen LogP contribution in [0, 0.1) is 0 Å². The number of carbonyl (C=O) groups excluding carboxylic acids is 3. The van der Waals surface area contributed by atoms with Crippen LogP contribution < -0.4 is 43.0 Å². The van der Waals surface area contributed by atoms with Gasteiger partial charge in [-0.25, -0.2) is 0 Å². The number of piperazine rings is 1. The Morgan fingerprint density at radius 2 is 1.07 bits per heavy atom. The number of phenolic OH excluding ortho intramolecular Hbond substituents is 2. The maximum Gasteiger partial charge on any atom is 0.270 e. The van der Waals surface area contributed by atoms with E-state index < -0.39 is 33.7 Å². The predicted octanol–water partition coefficient (Wildman–Crippen LogP) is 5.57. The van der Waals surface area contributed by atoms with Gasteiger partial charge in [-0.05, 0) is 60.4 Å². The molecule has 2 aliphatic heterocycles. The lowest BCUT2D eigenvalue weighted by Gasteiger charge is -2.36. The van der Waals surface area contributed by atoms with E-state index in [0.29, 0.717) is 45.0 Å². The van der Waals surface area contributed by atoms with E-state index >= 15 is 0 Å². The number of aromatic nitrogens is 1. The lowest BCUT2D eigenvalue weighted by atomic mass is 10.1. The van der Waals surface area contributed by atoms with E-state index in [1.54, 1.807) is 32.6 Å². The van der Waals surface area contributed by atoms with Crippen molar-refractivity contribution in [3.05, 3.63) is 172 Å². The highest BCUT2D eigenvalue weighted by molar-refractivity contribution is 6.01. The third-order valence-corrected chi connectivity index (χ3v) is 11.9. The number of anilines is 6. The van der Waals surface area contributed by atoms with Crippen molar-refractivity contribution in [2.24, 2.45) is 7.05 Å². The van der Waals surface area contributed by atoms with Crippen LogP contribution >= 0.6 is 0 Å². The highest BCUT2D eigenvalue weighted by Crippen LogP contribution is 2.34. The largest absolute Gasteiger partial charge is 0.505 e. The second-order valence-corrected chi connectivity index (χ2v) is 16.4. The molecule has 1 aliphatic carbocycles. The number of para-hydroxylation sites is 2. The normalized spacial score (nSPS) is 14.1. The van der Waals surface area contributed by atoms with Gasteiger partial charge in [-0.2, -0.15) is 0 Å². The molecule has 3 heterocycles. The average Bonchev–Trinajstić information content (AvgIpc) is 3.84. The molecule has 0 bridgehead atoms. The number of benzene rings is 3. The summed E-state index contributed by atoms with van der Waals surface area (Å²) in [5, 5.41) is 42.3. The molecular weight excluding hydrogens is 909 g/mol. The van der Waals surface area contributed by atoms with Gasteiger partial charge >= 0.3 is 0 Å². The minimum atomic E-state index is -0.692. The highest BCUT2D eigenvalue weighted by Gasteiger charge is 2.32. The number of likely N-dealkylation sites (tertiary alicyclic amines) is 1. The molecule has 9 rings (SSSR count). The number of amides is 3. The van der Waals surface area contributed by atoms with Crippen LogP contribution in [-0.4, -0.2) is 104 Å². The van der Waals surface area contributed by atoms with E-state index in [0.717, 1.165) is 24.0 Å². The van der Waals surface area contributed by atoms with Gasteiger partial charge in [0.05, 0.1) is 28.6 Å². The van der Waals surface area contributed by atoms with Crippen LogP contribution in [0.3, 0.4) is 0 Å². The van der Waals surface area contributed by atoms with Gasteiger partial charge in [0.1, 0.15) is 28.4 Å². The fourth-order valence-electron chi connectivity index (χ4n) is 7.96. The van der Waals surface area contributed by atoms with Crippen LogP contribution in [0.15, 0.2) is 128 Å². The van der Waals surface area contributed by atoms with E-state index in [1.165, 1.54) is 29.2 Å². The van der Waals surface area contributed by atoms with E-state index in [1.807, 2.05) is 83.4 Å². The summed E-state index contributed by atoms with van der Waals surface area (Å²) in [4.78, 5) is 91.5. The highest BCUT2D eigenvalue weighted by atomic mass is 16.3. The SMILES string of the molecule is CC.CC.Cn1cccc1C(=O)N1CCN(C(=O)c2cccc(Nc3c(NCC4=CCCC=C4)c(=O)c3=O)c2O)CC1.O=C(c1cccc(Nc2c(NCc3ccccc3)c(=O)c2=O)c1O)N1CC(O)C1. The van der Waals surface area contributed by atoms with Crippen LogP contribution in [0.25, 0.3) is 0 Å². The Morgan fingerprint density at radius 1 is 0.577 bits per heavy atom. The Morgan fingerprint density at radius 3 is 1.55 bits per heavy atom. The minimum absolute atomic E-state index is 0.0465. The number of aryl methyl sites for hydroxylation is 1. The summed E-state index contributed by atoms with van der Waals surface area (Å²) in [6.45, 7) is 10.6. The Bertz CT molecular complexity index is 3060. The summed E-state index contributed by atoms with van der Waals surface area (Å²) in [5.41, 5.74) is 0.745. The minimum Gasteiger partial charge on any atom is -0.505 e. The quantitative estimate of drug-likeness (QED) is 0.0553. The summed E-state index contributed by atoms with van der Waals surface area (Å²) in [6.07, 6.45) is 9.27. The first-order valence-corrected chi connectivity index (χ1v) is 23.7. The molecule has 0 unspecified atom stereocenters. The van der Waals surface area contributed by atoms with Crippen molar-refractivity contribution in [1.82, 2.24) is 19.3 Å². The first-order chi connectivity index (χ1) is 34.3. The number of β-amino-alcohol motifs (C(OH)–C–C–N with tert-alkyl or cyclic N) is 1. The lowest BCUT2D eigenvalue weighted by molar-refractivity contribution is 0.00571. The zero-order chi connectivity index (χ0) is 51.4. The molecule has 3 aliphatic rings. The van der Waals surface area contributed by atoms with Gasteiger partial charge in [0, 0.05) is 65.6 Å². The van der Waals surface area contributed by atoms with E-state index in [9.17, 15) is 48.9 Å². The number of nitrogens with one attached hydrogen (secondary N) is 4. The van der Waals surface area contributed by atoms with Crippen molar-refractivity contribution in [1.29, 1.82) is 0 Å². The van der Waals surface area contributed by atoms with Gasteiger partial charge in [0.15, 0.2) is 11.5 Å². The van der Waals surface area contributed by atoms with Gasteiger partial charge in [-0.1, -0.05) is 88.4 Å². The predicted molar refractivity (Wildman–Crippen MR) is 276 cm³/mol. The molecule has 0 spiro atoms. The van der Waals surface area contributed by atoms with Crippen molar-refractivity contribution in [2.75, 3.05) is 67.1 Å². The number of hydrogen-bond donors (Lipinski definition) is 7. The molecule has 0 radical (unpaired) electrons. The van der Waals surface area contributed by atoms with E-state index in [-0.39, 0.29) is 81.7 Å². The van der Waals surface area contributed by atoms with Gasteiger partial charge in [-0.3, -0.25) is 33.6 Å². The number of phenols is 2. The summed E-state index contributed by atoms with van der Waals surface area (Å²) >= 11 is 0.